The Kier molecular flexibility index (Phi) is 2.75. The first kappa shape index (κ1) is 14.3. The maximum atomic E-state index is 12.9. The van der Waals surface area contributed by atoms with Crippen molar-refractivity contribution in [1.29, 1.82) is 0 Å². The number of hydrogen-bond acceptors (Lipinski definition) is 7. The van der Waals surface area contributed by atoms with Crippen LogP contribution in [-0.4, -0.2) is 41.3 Å². The molecular weight excluding hydrogens is 318 g/mol. The number of ether oxygens (including phenoxy) is 2. The molecule has 0 fully saturated rings. The van der Waals surface area contributed by atoms with Gasteiger partial charge in [0.25, 0.3) is 0 Å². The Labute approximate surface area is 135 Å². The molecule has 4 rings (SSSR count). The minimum absolute atomic E-state index is 0.260. The number of anilines is 1. The third-order valence-electron chi connectivity index (χ3n) is 4.34. The average Bonchev–Trinajstić information content (AvgIpc) is 3.15. The van der Waals surface area contributed by atoms with Gasteiger partial charge in [-0.3, -0.25) is 4.79 Å². The molecule has 1 aromatic rings. The van der Waals surface area contributed by atoms with Crippen molar-refractivity contribution in [3.8, 4) is 0 Å². The second-order valence-electron chi connectivity index (χ2n) is 5.55. The highest BCUT2D eigenvalue weighted by molar-refractivity contribution is 6.21. The summed E-state index contributed by atoms with van der Waals surface area (Å²) in [4.78, 5) is 37.3. The van der Waals surface area contributed by atoms with E-state index in [4.69, 9.17) is 9.47 Å². The van der Waals surface area contributed by atoms with Crippen molar-refractivity contribution in [3.63, 3.8) is 0 Å². The maximum absolute atomic E-state index is 12.9. The number of fused-ring (bicyclic) bond motifs is 1. The summed E-state index contributed by atoms with van der Waals surface area (Å²) >= 11 is 0. The minimum Gasteiger partial charge on any atom is -0.508 e. The number of cyclic esters (lactones) is 2. The number of aliphatic hydroxyl groups excluding tert-OH is 2. The van der Waals surface area contributed by atoms with E-state index in [0.717, 1.165) is 0 Å². The van der Waals surface area contributed by atoms with Crippen LogP contribution in [-0.2, 0) is 29.3 Å². The van der Waals surface area contributed by atoms with Gasteiger partial charge >= 0.3 is 11.9 Å². The lowest BCUT2D eigenvalue weighted by atomic mass is 9.68. The summed E-state index contributed by atoms with van der Waals surface area (Å²) in [6.07, 6.45) is 0. The summed E-state index contributed by atoms with van der Waals surface area (Å²) in [7, 11) is 0. The fourth-order valence-corrected chi connectivity index (χ4v) is 3.41. The van der Waals surface area contributed by atoms with Crippen LogP contribution in [0.5, 0.6) is 0 Å². The van der Waals surface area contributed by atoms with Crippen molar-refractivity contribution in [3.05, 3.63) is 52.5 Å². The number of rotatable bonds is 2. The van der Waals surface area contributed by atoms with E-state index in [1.165, 1.54) is 6.07 Å². The van der Waals surface area contributed by atoms with E-state index >= 15 is 0 Å². The highest BCUT2D eigenvalue weighted by Gasteiger charge is 2.62. The zero-order chi connectivity index (χ0) is 17.1. The van der Waals surface area contributed by atoms with Gasteiger partial charge in [0.2, 0.25) is 5.91 Å². The number of carbonyl (C=O) groups excluding carboxylic acids is 3. The van der Waals surface area contributed by atoms with E-state index in [0.29, 0.717) is 5.69 Å². The zero-order valence-electron chi connectivity index (χ0n) is 12.2. The molecule has 1 amide bonds. The first-order valence-electron chi connectivity index (χ1n) is 7.08. The van der Waals surface area contributed by atoms with E-state index in [1.54, 1.807) is 18.2 Å². The Balaban J connectivity index is 2.12. The number of carbonyl (C=O) groups is 3. The maximum Gasteiger partial charge on any atom is 0.339 e. The molecule has 0 bridgehead atoms. The van der Waals surface area contributed by atoms with Crippen LogP contribution in [0.4, 0.5) is 5.69 Å². The number of esters is 2. The van der Waals surface area contributed by atoms with Crippen molar-refractivity contribution in [2.24, 2.45) is 0 Å². The summed E-state index contributed by atoms with van der Waals surface area (Å²) < 4.78 is 9.62. The molecular formula is C16H11NO7. The zero-order valence-corrected chi connectivity index (χ0v) is 12.2. The van der Waals surface area contributed by atoms with Gasteiger partial charge < -0.3 is 25.0 Å². The highest BCUT2D eigenvalue weighted by atomic mass is 16.6. The largest absolute Gasteiger partial charge is 0.508 e. The number of benzene rings is 1. The molecule has 8 heteroatoms. The van der Waals surface area contributed by atoms with Crippen LogP contribution in [0.15, 0.2) is 46.9 Å². The van der Waals surface area contributed by atoms with Crippen molar-refractivity contribution in [2.45, 2.75) is 5.41 Å². The lowest BCUT2D eigenvalue weighted by Gasteiger charge is -2.27. The molecule has 0 aliphatic carbocycles. The third-order valence-corrected chi connectivity index (χ3v) is 4.34. The third kappa shape index (κ3) is 1.54. The van der Waals surface area contributed by atoms with Gasteiger partial charge in [0.05, 0.1) is 0 Å². The lowest BCUT2D eigenvalue weighted by Crippen LogP contribution is -2.43. The van der Waals surface area contributed by atoms with Crippen molar-refractivity contribution in [1.82, 2.24) is 0 Å². The van der Waals surface area contributed by atoms with Gasteiger partial charge in [-0.2, -0.15) is 0 Å². The molecule has 0 aromatic heterocycles. The van der Waals surface area contributed by atoms with Gasteiger partial charge in [-0.05, 0) is 6.07 Å². The Bertz CT molecular complexity index is 840. The summed E-state index contributed by atoms with van der Waals surface area (Å²) in [5.74, 6) is -3.54. The van der Waals surface area contributed by atoms with Crippen LogP contribution >= 0.6 is 0 Å². The summed E-state index contributed by atoms with van der Waals surface area (Å²) in [5, 5.41) is 22.9. The standard InChI is InChI=1S/C16H11NO7/c18-9-5-23-13(20)11(9)16(12-10(19)6-24-14(12)21)7-3-1-2-4-8(7)17-15(16)22/h1-4,18-19H,5-6H2,(H,17,22). The van der Waals surface area contributed by atoms with Crippen molar-refractivity contribution >= 4 is 23.5 Å². The Morgan fingerprint density at radius 2 is 1.46 bits per heavy atom. The predicted octanol–water partition coefficient (Wildman–Crippen LogP) is 0.614. The molecule has 24 heavy (non-hydrogen) atoms. The number of aliphatic hydroxyl groups is 2. The number of para-hydroxylation sites is 1. The van der Waals surface area contributed by atoms with E-state index in [-0.39, 0.29) is 16.7 Å². The molecule has 0 saturated heterocycles. The van der Waals surface area contributed by atoms with E-state index in [9.17, 15) is 24.6 Å². The number of nitrogens with one attached hydrogen (secondary N) is 1. The van der Waals surface area contributed by atoms with Crippen molar-refractivity contribution in [2.75, 3.05) is 18.5 Å². The SMILES string of the molecule is O=C1OCC(O)=C1C1(C2=C(O)COC2=O)C(=O)Nc2ccccc21. The molecule has 3 heterocycles. The Morgan fingerprint density at radius 3 is 1.96 bits per heavy atom. The molecule has 3 N–H and O–H groups in total. The van der Waals surface area contributed by atoms with E-state index in [1.807, 2.05) is 0 Å². The van der Waals surface area contributed by atoms with Crippen molar-refractivity contribution < 1.29 is 34.1 Å². The molecule has 0 radical (unpaired) electrons. The summed E-state index contributed by atoms with van der Waals surface area (Å²) in [6, 6.07) is 6.40. The minimum atomic E-state index is -2.01. The molecule has 0 unspecified atom stereocenters. The van der Waals surface area contributed by atoms with Gasteiger partial charge in [-0.25, -0.2) is 9.59 Å². The second kappa shape index (κ2) is 4.60. The second-order valence-corrected chi connectivity index (χ2v) is 5.55. The van der Waals surface area contributed by atoms with Crippen LogP contribution in [0, 0.1) is 0 Å². The first-order chi connectivity index (χ1) is 11.5. The van der Waals surface area contributed by atoms with Crippen LogP contribution in [0.1, 0.15) is 5.56 Å². The molecule has 3 aliphatic heterocycles. The monoisotopic (exact) mass is 329 g/mol. The first-order valence-corrected chi connectivity index (χ1v) is 7.08. The van der Waals surface area contributed by atoms with Gasteiger partial charge in [0.15, 0.2) is 0 Å². The van der Waals surface area contributed by atoms with Crippen LogP contribution < -0.4 is 5.32 Å². The normalized spacial score (nSPS) is 21.8. The fourth-order valence-electron chi connectivity index (χ4n) is 3.41. The van der Waals surface area contributed by atoms with E-state index < -0.39 is 48.0 Å². The fraction of sp³-hybridized carbons (Fsp3) is 0.188. The Hall–Kier alpha value is -3.29. The van der Waals surface area contributed by atoms with Gasteiger partial charge in [-0.1, -0.05) is 18.2 Å². The molecule has 0 saturated carbocycles. The molecule has 8 nitrogen and oxygen atoms in total. The molecule has 122 valence electrons. The average molecular weight is 329 g/mol. The van der Waals surface area contributed by atoms with Gasteiger partial charge in [0.1, 0.15) is 41.3 Å². The predicted molar refractivity (Wildman–Crippen MR) is 78.0 cm³/mol. The number of amides is 1. The summed E-state index contributed by atoms with van der Waals surface area (Å²) in [6.45, 7) is -0.817. The Morgan fingerprint density at radius 1 is 0.917 bits per heavy atom. The van der Waals surface area contributed by atoms with Gasteiger partial charge in [0, 0.05) is 11.3 Å². The lowest BCUT2D eigenvalue weighted by molar-refractivity contribution is -0.139. The topological polar surface area (TPSA) is 122 Å². The van der Waals surface area contributed by atoms with Crippen LogP contribution in [0.3, 0.4) is 0 Å². The highest BCUT2D eigenvalue weighted by Crippen LogP contribution is 2.52. The number of hydrogen-bond donors (Lipinski definition) is 3. The molecule has 0 spiro atoms. The molecule has 0 atom stereocenters. The smallest absolute Gasteiger partial charge is 0.339 e. The van der Waals surface area contributed by atoms with E-state index in [2.05, 4.69) is 5.32 Å². The molecule has 3 aliphatic rings. The van der Waals surface area contributed by atoms with Crippen LogP contribution in [0.25, 0.3) is 0 Å². The molecule has 1 aromatic carbocycles. The quantitative estimate of drug-likeness (QED) is 0.680. The van der Waals surface area contributed by atoms with Crippen LogP contribution in [0.2, 0.25) is 0 Å². The summed E-state index contributed by atoms with van der Waals surface area (Å²) in [5.41, 5.74) is -2.15. The van der Waals surface area contributed by atoms with Gasteiger partial charge in [-0.15, -0.1) is 0 Å².